The fourth-order valence-electron chi connectivity index (χ4n) is 3.28. The average Bonchev–Trinajstić information content (AvgIpc) is 3.33. The van der Waals surface area contributed by atoms with Gasteiger partial charge in [-0.2, -0.15) is 0 Å². The predicted octanol–water partition coefficient (Wildman–Crippen LogP) is 4.66. The number of ether oxygens (including phenoxy) is 2. The van der Waals surface area contributed by atoms with Gasteiger partial charge >= 0.3 is 0 Å². The number of carbonyl (C=O) groups excluding carboxylic acids is 1. The molecule has 8 nitrogen and oxygen atoms in total. The van der Waals surface area contributed by atoms with Crippen LogP contribution in [-0.2, 0) is 14.6 Å². The average molecular weight is 510 g/mol. The number of hydrogen-bond acceptors (Lipinski definition) is 7. The molecule has 10 heteroatoms. The van der Waals surface area contributed by atoms with Crippen LogP contribution in [0.1, 0.15) is 0 Å². The normalized spacial score (nSPS) is 11.1. The van der Waals surface area contributed by atoms with Gasteiger partial charge in [0.2, 0.25) is 15.7 Å². The lowest BCUT2D eigenvalue weighted by molar-refractivity contribution is -0.113. The van der Waals surface area contributed by atoms with Crippen LogP contribution in [0.25, 0.3) is 11.4 Å². The van der Waals surface area contributed by atoms with Crippen LogP contribution in [0.3, 0.4) is 0 Å². The molecule has 0 aliphatic rings. The first-order valence-corrected chi connectivity index (χ1v) is 13.0. The molecule has 0 fully saturated rings. The number of amides is 1. The molecule has 35 heavy (non-hydrogen) atoms. The van der Waals surface area contributed by atoms with Gasteiger partial charge in [0.15, 0.2) is 5.03 Å². The van der Waals surface area contributed by atoms with E-state index in [0.717, 1.165) is 17.3 Å². The summed E-state index contributed by atoms with van der Waals surface area (Å²) in [5, 5.41) is 2.94. The molecule has 1 heterocycles. The number of imidazole rings is 1. The fraction of sp³-hybridized carbons (Fsp3) is 0.120. The molecule has 1 aromatic heterocycles. The van der Waals surface area contributed by atoms with E-state index in [1.807, 2.05) is 30.3 Å². The molecule has 4 aromatic rings. The van der Waals surface area contributed by atoms with Crippen molar-refractivity contribution < 1.29 is 22.7 Å². The van der Waals surface area contributed by atoms with E-state index in [-0.39, 0.29) is 26.6 Å². The van der Waals surface area contributed by atoms with Gasteiger partial charge in [0.1, 0.15) is 22.3 Å². The number of aromatic amines is 1. The number of sulfone groups is 1. The van der Waals surface area contributed by atoms with E-state index in [4.69, 9.17) is 9.47 Å². The Hall–Kier alpha value is -3.76. The van der Waals surface area contributed by atoms with Crippen LogP contribution in [-0.4, -0.2) is 44.3 Å². The van der Waals surface area contributed by atoms with E-state index < -0.39 is 9.84 Å². The molecular weight excluding hydrogens is 486 g/mol. The van der Waals surface area contributed by atoms with Crippen molar-refractivity contribution in [3.63, 3.8) is 0 Å². The number of nitrogens with zero attached hydrogens (tertiary/aromatic N) is 1. The SMILES string of the molecule is COc1cc(NC(=O)CSc2nc(-c3ccccc3)[nH]c2S(=O)(=O)c2ccccc2)cc(OC)c1. The molecule has 1 amide bonds. The van der Waals surface area contributed by atoms with E-state index >= 15 is 0 Å². The second-order valence-electron chi connectivity index (χ2n) is 7.34. The predicted molar refractivity (Wildman–Crippen MR) is 135 cm³/mol. The van der Waals surface area contributed by atoms with Crippen LogP contribution in [0.2, 0.25) is 0 Å². The van der Waals surface area contributed by atoms with Crippen LogP contribution in [0.4, 0.5) is 5.69 Å². The largest absolute Gasteiger partial charge is 0.497 e. The molecule has 2 N–H and O–H groups in total. The lowest BCUT2D eigenvalue weighted by Gasteiger charge is -2.10. The second kappa shape index (κ2) is 10.7. The number of nitrogens with one attached hydrogen (secondary N) is 2. The van der Waals surface area contributed by atoms with Crippen molar-refractivity contribution in [2.75, 3.05) is 25.3 Å². The summed E-state index contributed by atoms with van der Waals surface area (Å²) >= 11 is 1.04. The van der Waals surface area contributed by atoms with Gasteiger partial charge in [-0.1, -0.05) is 60.3 Å². The standard InChI is InChI=1S/C25H23N3O5S2/c1-32-19-13-18(14-20(15-19)33-2)26-22(29)16-34-24-25(35(30,31)21-11-7-4-8-12-21)28-23(27-24)17-9-5-3-6-10-17/h3-15H,16H2,1-2H3,(H,26,29)(H,27,28). The van der Waals surface area contributed by atoms with Crippen molar-refractivity contribution in [3.05, 3.63) is 78.9 Å². The smallest absolute Gasteiger partial charge is 0.234 e. The lowest BCUT2D eigenvalue weighted by Crippen LogP contribution is -2.14. The minimum absolute atomic E-state index is 0.0524. The zero-order valence-corrected chi connectivity index (χ0v) is 20.7. The molecule has 0 radical (unpaired) electrons. The Morgan fingerprint density at radius 2 is 1.54 bits per heavy atom. The summed E-state index contributed by atoms with van der Waals surface area (Å²) in [6, 6.07) is 22.3. The number of anilines is 1. The van der Waals surface area contributed by atoms with Gasteiger partial charge < -0.3 is 19.8 Å². The van der Waals surface area contributed by atoms with Gasteiger partial charge in [-0.15, -0.1) is 0 Å². The van der Waals surface area contributed by atoms with Gasteiger partial charge in [0.25, 0.3) is 0 Å². The number of hydrogen-bond donors (Lipinski definition) is 2. The Labute approximate surface area is 207 Å². The Morgan fingerprint density at radius 3 is 2.14 bits per heavy atom. The third-order valence-electron chi connectivity index (χ3n) is 4.98. The lowest BCUT2D eigenvalue weighted by atomic mass is 10.2. The van der Waals surface area contributed by atoms with E-state index in [2.05, 4.69) is 15.3 Å². The maximum atomic E-state index is 13.4. The minimum atomic E-state index is -3.89. The Morgan fingerprint density at radius 1 is 0.943 bits per heavy atom. The summed E-state index contributed by atoms with van der Waals surface area (Å²) < 4.78 is 37.2. The van der Waals surface area contributed by atoms with Gasteiger partial charge in [-0.25, -0.2) is 13.4 Å². The number of carbonyl (C=O) groups is 1. The Kier molecular flexibility index (Phi) is 7.42. The number of aromatic nitrogens is 2. The van der Waals surface area contributed by atoms with E-state index in [1.165, 1.54) is 26.4 Å². The summed E-state index contributed by atoms with van der Waals surface area (Å²) in [7, 11) is -0.844. The highest BCUT2D eigenvalue weighted by Gasteiger charge is 2.26. The van der Waals surface area contributed by atoms with Crippen LogP contribution < -0.4 is 14.8 Å². The number of thioether (sulfide) groups is 1. The van der Waals surface area contributed by atoms with Gasteiger partial charge in [0.05, 0.1) is 24.9 Å². The molecule has 0 bridgehead atoms. The summed E-state index contributed by atoms with van der Waals surface area (Å²) in [4.78, 5) is 20.3. The highest BCUT2D eigenvalue weighted by Crippen LogP contribution is 2.32. The molecule has 4 rings (SSSR count). The molecular formula is C25H23N3O5S2. The molecule has 0 aliphatic carbocycles. The van der Waals surface area contributed by atoms with E-state index in [1.54, 1.807) is 36.4 Å². The first-order chi connectivity index (χ1) is 16.9. The molecule has 0 aliphatic heterocycles. The van der Waals surface area contributed by atoms with Crippen molar-refractivity contribution in [1.29, 1.82) is 0 Å². The first kappa shape index (κ1) is 24.4. The summed E-state index contributed by atoms with van der Waals surface area (Å²) in [5.41, 5.74) is 1.23. The van der Waals surface area contributed by atoms with Crippen molar-refractivity contribution in [2.45, 2.75) is 14.9 Å². The fourth-order valence-corrected chi connectivity index (χ4v) is 5.72. The second-order valence-corrected chi connectivity index (χ2v) is 10.2. The zero-order valence-electron chi connectivity index (χ0n) is 19.0. The maximum absolute atomic E-state index is 13.4. The summed E-state index contributed by atoms with van der Waals surface area (Å²) in [5.74, 6) is 1.07. The quantitative estimate of drug-likeness (QED) is 0.316. The highest BCUT2D eigenvalue weighted by molar-refractivity contribution is 8.00. The first-order valence-electron chi connectivity index (χ1n) is 10.5. The third-order valence-corrected chi connectivity index (χ3v) is 7.81. The van der Waals surface area contributed by atoms with Crippen molar-refractivity contribution in [3.8, 4) is 22.9 Å². The van der Waals surface area contributed by atoms with Gasteiger partial charge in [-0.3, -0.25) is 4.79 Å². The van der Waals surface area contributed by atoms with Gasteiger partial charge in [0, 0.05) is 29.4 Å². The number of H-pyrrole nitrogens is 1. The van der Waals surface area contributed by atoms with Crippen LogP contribution in [0.15, 0.2) is 93.8 Å². The Balaban J connectivity index is 1.60. The van der Waals surface area contributed by atoms with Crippen molar-refractivity contribution in [2.24, 2.45) is 0 Å². The van der Waals surface area contributed by atoms with Crippen molar-refractivity contribution in [1.82, 2.24) is 9.97 Å². The number of benzene rings is 3. The number of methoxy groups -OCH3 is 2. The molecule has 0 saturated heterocycles. The van der Waals surface area contributed by atoms with E-state index in [0.29, 0.717) is 23.0 Å². The van der Waals surface area contributed by atoms with Gasteiger partial charge in [-0.05, 0) is 12.1 Å². The van der Waals surface area contributed by atoms with Crippen LogP contribution >= 0.6 is 11.8 Å². The Bertz CT molecular complexity index is 1400. The molecule has 0 saturated carbocycles. The summed E-state index contributed by atoms with van der Waals surface area (Å²) in [6.07, 6.45) is 0. The maximum Gasteiger partial charge on any atom is 0.234 e. The topological polar surface area (TPSA) is 110 Å². The third kappa shape index (κ3) is 5.67. The van der Waals surface area contributed by atoms with Crippen LogP contribution in [0, 0.1) is 0 Å². The number of rotatable bonds is 9. The molecule has 0 atom stereocenters. The van der Waals surface area contributed by atoms with E-state index in [9.17, 15) is 13.2 Å². The monoisotopic (exact) mass is 509 g/mol. The molecule has 0 spiro atoms. The molecule has 180 valence electrons. The minimum Gasteiger partial charge on any atom is -0.497 e. The molecule has 3 aromatic carbocycles. The molecule has 0 unspecified atom stereocenters. The van der Waals surface area contributed by atoms with Crippen LogP contribution in [0.5, 0.6) is 11.5 Å². The summed E-state index contributed by atoms with van der Waals surface area (Å²) in [6.45, 7) is 0. The highest BCUT2D eigenvalue weighted by atomic mass is 32.2. The van der Waals surface area contributed by atoms with Crippen molar-refractivity contribution >= 4 is 33.2 Å². The zero-order chi connectivity index (χ0) is 24.8.